The van der Waals surface area contributed by atoms with Gasteiger partial charge in [0.15, 0.2) is 0 Å². The van der Waals surface area contributed by atoms with Crippen molar-refractivity contribution in [2.75, 3.05) is 5.73 Å². The SMILES string of the molecule is CCc1ccccc1Cn1nc(C)cc1N. The Bertz CT molecular complexity index is 486. The molecule has 0 aliphatic carbocycles. The van der Waals surface area contributed by atoms with Gasteiger partial charge in [0.2, 0.25) is 0 Å². The Morgan fingerprint density at radius 1 is 1.25 bits per heavy atom. The molecule has 2 rings (SSSR count). The lowest BCUT2D eigenvalue weighted by Gasteiger charge is -2.08. The number of nitrogens with zero attached hydrogens (tertiary/aromatic N) is 2. The van der Waals surface area contributed by atoms with Crippen LogP contribution in [0.3, 0.4) is 0 Å². The summed E-state index contributed by atoms with van der Waals surface area (Å²) in [6.07, 6.45) is 1.04. The van der Waals surface area contributed by atoms with E-state index in [4.69, 9.17) is 5.73 Å². The second-order valence-electron chi connectivity index (χ2n) is 3.99. The Kier molecular flexibility index (Phi) is 2.95. The van der Waals surface area contributed by atoms with E-state index >= 15 is 0 Å². The zero-order chi connectivity index (χ0) is 11.5. The van der Waals surface area contributed by atoms with E-state index in [1.807, 2.05) is 17.7 Å². The highest BCUT2D eigenvalue weighted by Gasteiger charge is 2.05. The molecule has 0 atom stereocenters. The molecular weight excluding hydrogens is 198 g/mol. The zero-order valence-electron chi connectivity index (χ0n) is 9.77. The quantitative estimate of drug-likeness (QED) is 0.854. The van der Waals surface area contributed by atoms with Gasteiger partial charge in [0, 0.05) is 6.07 Å². The van der Waals surface area contributed by atoms with Gasteiger partial charge in [-0.3, -0.25) is 0 Å². The molecule has 1 aromatic carbocycles. The van der Waals surface area contributed by atoms with Gasteiger partial charge in [-0.1, -0.05) is 31.2 Å². The summed E-state index contributed by atoms with van der Waals surface area (Å²) in [4.78, 5) is 0. The van der Waals surface area contributed by atoms with Crippen LogP contribution in [0.2, 0.25) is 0 Å². The monoisotopic (exact) mass is 215 g/mol. The minimum Gasteiger partial charge on any atom is -0.384 e. The molecule has 0 spiro atoms. The van der Waals surface area contributed by atoms with Crippen molar-refractivity contribution in [1.29, 1.82) is 0 Å². The number of nitrogens with two attached hydrogens (primary N) is 1. The number of aromatic nitrogens is 2. The second kappa shape index (κ2) is 4.39. The van der Waals surface area contributed by atoms with E-state index in [1.54, 1.807) is 0 Å². The van der Waals surface area contributed by atoms with E-state index in [1.165, 1.54) is 11.1 Å². The average molecular weight is 215 g/mol. The van der Waals surface area contributed by atoms with Gasteiger partial charge in [0.05, 0.1) is 12.2 Å². The summed E-state index contributed by atoms with van der Waals surface area (Å²) < 4.78 is 1.85. The molecular formula is C13H17N3. The first-order valence-corrected chi connectivity index (χ1v) is 5.57. The number of nitrogen functional groups attached to an aromatic ring is 1. The average Bonchev–Trinajstić information content (AvgIpc) is 2.58. The predicted molar refractivity (Wildman–Crippen MR) is 66.3 cm³/mol. The standard InChI is InChI=1S/C13H17N3/c1-3-11-6-4-5-7-12(11)9-16-13(14)8-10(2)15-16/h4-8H,3,9,14H2,1-2H3. The molecule has 0 unspecified atom stereocenters. The van der Waals surface area contributed by atoms with E-state index in [2.05, 4.69) is 36.3 Å². The van der Waals surface area contributed by atoms with Crippen LogP contribution in [0.4, 0.5) is 5.82 Å². The molecule has 0 bridgehead atoms. The summed E-state index contributed by atoms with van der Waals surface area (Å²) in [6, 6.07) is 10.3. The van der Waals surface area contributed by atoms with Gasteiger partial charge in [0.1, 0.15) is 5.82 Å². The van der Waals surface area contributed by atoms with Crippen molar-refractivity contribution in [3.63, 3.8) is 0 Å². The second-order valence-corrected chi connectivity index (χ2v) is 3.99. The van der Waals surface area contributed by atoms with Gasteiger partial charge >= 0.3 is 0 Å². The number of aryl methyl sites for hydroxylation is 2. The highest BCUT2D eigenvalue weighted by Crippen LogP contribution is 2.14. The fourth-order valence-electron chi connectivity index (χ4n) is 1.91. The topological polar surface area (TPSA) is 43.8 Å². The molecule has 84 valence electrons. The summed E-state index contributed by atoms with van der Waals surface area (Å²) in [7, 11) is 0. The normalized spacial score (nSPS) is 10.6. The van der Waals surface area contributed by atoms with Gasteiger partial charge in [0.25, 0.3) is 0 Å². The minimum atomic E-state index is 0.725. The number of hydrogen-bond donors (Lipinski definition) is 1. The van der Waals surface area contributed by atoms with Crippen LogP contribution < -0.4 is 5.73 Å². The minimum absolute atomic E-state index is 0.725. The first-order chi connectivity index (χ1) is 7.70. The van der Waals surface area contributed by atoms with Gasteiger partial charge in [-0.05, 0) is 24.5 Å². The Balaban J connectivity index is 2.30. The van der Waals surface area contributed by atoms with Gasteiger partial charge in [-0.15, -0.1) is 0 Å². The van der Waals surface area contributed by atoms with E-state index in [-0.39, 0.29) is 0 Å². The van der Waals surface area contributed by atoms with E-state index < -0.39 is 0 Å². The summed E-state index contributed by atoms with van der Waals surface area (Å²) >= 11 is 0. The summed E-state index contributed by atoms with van der Waals surface area (Å²) in [5, 5.41) is 4.37. The van der Waals surface area contributed by atoms with E-state index in [0.717, 1.165) is 24.5 Å². The Labute approximate surface area is 95.9 Å². The Hall–Kier alpha value is -1.77. The molecule has 0 aliphatic rings. The van der Waals surface area contributed by atoms with Crippen LogP contribution in [0.5, 0.6) is 0 Å². The van der Waals surface area contributed by atoms with Gasteiger partial charge < -0.3 is 5.73 Å². The van der Waals surface area contributed by atoms with Crippen LogP contribution in [0.15, 0.2) is 30.3 Å². The number of benzene rings is 1. The molecule has 2 N–H and O–H groups in total. The lowest BCUT2D eigenvalue weighted by atomic mass is 10.1. The lowest BCUT2D eigenvalue weighted by Crippen LogP contribution is -2.07. The Morgan fingerprint density at radius 2 is 1.94 bits per heavy atom. The van der Waals surface area contributed by atoms with Crippen molar-refractivity contribution in [1.82, 2.24) is 9.78 Å². The van der Waals surface area contributed by atoms with Crippen molar-refractivity contribution in [3.8, 4) is 0 Å². The molecule has 2 aromatic rings. The molecule has 3 heteroatoms. The van der Waals surface area contributed by atoms with Crippen LogP contribution in [0.25, 0.3) is 0 Å². The van der Waals surface area contributed by atoms with E-state index in [9.17, 15) is 0 Å². The highest BCUT2D eigenvalue weighted by molar-refractivity contribution is 5.33. The zero-order valence-corrected chi connectivity index (χ0v) is 9.77. The van der Waals surface area contributed by atoms with Crippen molar-refractivity contribution in [2.24, 2.45) is 0 Å². The Morgan fingerprint density at radius 3 is 2.50 bits per heavy atom. The van der Waals surface area contributed by atoms with Crippen LogP contribution in [-0.2, 0) is 13.0 Å². The predicted octanol–water partition coefficient (Wildman–Crippen LogP) is 2.38. The van der Waals surface area contributed by atoms with Crippen LogP contribution in [-0.4, -0.2) is 9.78 Å². The van der Waals surface area contributed by atoms with Crippen molar-refractivity contribution >= 4 is 5.82 Å². The molecule has 0 fully saturated rings. The number of hydrogen-bond acceptors (Lipinski definition) is 2. The first-order valence-electron chi connectivity index (χ1n) is 5.57. The van der Waals surface area contributed by atoms with Crippen LogP contribution in [0.1, 0.15) is 23.7 Å². The molecule has 3 nitrogen and oxygen atoms in total. The molecule has 0 radical (unpaired) electrons. The third-order valence-corrected chi connectivity index (χ3v) is 2.75. The summed E-state index contributed by atoms with van der Waals surface area (Å²) in [5.74, 6) is 0.725. The summed E-state index contributed by atoms with van der Waals surface area (Å²) in [5.41, 5.74) is 9.49. The maximum atomic E-state index is 5.88. The molecule has 1 heterocycles. The molecule has 0 saturated heterocycles. The van der Waals surface area contributed by atoms with Crippen LogP contribution in [0, 0.1) is 6.92 Å². The van der Waals surface area contributed by atoms with Crippen LogP contribution >= 0.6 is 0 Å². The third kappa shape index (κ3) is 2.08. The van der Waals surface area contributed by atoms with Gasteiger partial charge in [-0.2, -0.15) is 5.10 Å². The number of rotatable bonds is 3. The number of anilines is 1. The smallest absolute Gasteiger partial charge is 0.122 e. The summed E-state index contributed by atoms with van der Waals surface area (Å²) in [6.45, 7) is 4.87. The molecule has 0 saturated carbocycles. The highest BCUT2D eigenvalue weighted by atomic mass is 15.3. The first kappa shape index (κ1) is 10.7. The lowest BCUT2D eigenvalue weighted by molar-refractivity contribution is 0.684. The maximum Gasteiger partial charge on any atom is 0.122 e. The van der Waals surface area contributed by atoms with E-state index in [0.29, 0.717) is 0 Å². The fraction of sp³-hybridized carbons (Fsp3) is 0.308. The molecule has 0 aliphatic heterocycles. The molecule has 1 aromatic heterocycles. The largest absolute Gasteiger partial charge is 0.384 e. The molecule has 0 amide bonds. The third-order valence-electron chi connectivity index (χ3n) is 2.75. The molecule has 16 heavy (non-hydrogen) atoms. The van der Waals surface area contributed by atoms with Gasteiger partial charge in [-0.25, -0.2) is 4.68 Å². The van der Waals surface area contributed by atoms with Crippen molar-refractivity contribution in [3.05, 3.63) is 47.2 Å². The van der Waals surface area contributed by atoms with Crippen molar-refractivity contribution in [2.45, 2.75) is 26.8 Å². The maximum absolute atomic E-state index is 5.88. The fourth-order valence-corrected chi connectivity index (χ4v) is 1.91. The van der Waals surface area contributed by atoms with Crippen molar-refractivity contribution < 1.29 is 0 Å².